The molecule has 9 nitrogen and oxygen atoms in total. The smallest absolute Gasteiger partial charge is 0.371 e. The summed E-state index contributed by atoms with van der Waals surface area (Å²) in [4.78, 5) is 3.63. The van der Waals surface area contributed by atoms with Crippen LogP contribution in [0.15, 0.2) is 78.9 Å². The number of rotatable bonds is 11. The van der Waals surface area contributed by atoms with Gasteiger partial charge in [-0.2, -0.15) is 31.1 Å². The zero-order chi connectivity index (χ0) is 35.0. The average Bonchev–Trinajstić information content (AvgIpc) is 3.59. The van der Waals surface area contributed by atoms with Gasteiger partial charge in [0.15, 0.2) is 5.82 Å². The number of sulfonamides is 1. The highest BCUT2D eigenvalue weighted by atomic mass is 32.2. The van der Waals surface area contributed by atoms with E-state index in [4.69, 9.17) is 4.74 Å². The molecule has 1 N–H and O–H groups in total. The minimum absolute atomic E-state index is 0.0678. The van der Waals surface area contributed by atoms with Crippen LogP contribution in [-0.4, -0.2) is 58.5 Å². The first-order valence-electron chi connectivity index (χ1n) is 15.6. The van der Waals surface area contributed by atoms with E-state index in [1.165, 1.54) is 4.80 Å². The fraction of sp³-hybridized carbons (Fsp3) is 0.424. The van der Waals surface area contributed by atoms with Gasteiger partial charge in [0.2, 0.25) is 10.0 Å². The first-order chi connectivity index (χ1) is 23.1. The highest BCUT2D eigenvalue weighted by molar-refractivity contribution is 7.88. The molecular weight excluding hydrogens is 674 g/mol. The van der Waals surface area contributed by atoms with Gasteiger partial charge in [0, 0.05) is 25.0 Å². The second kappa shape index (κ2) is 13.5. The Morgan fingerprint density at radius 1 is 0.898 bits per heavy atom. The molecule has 0 spiro atoms. The Morgan fingerprint density at radius 3 is 2.14 bits per heavy atom. The van der Waals surface area contributed by atoms with Gasteiger partial charge in [0.1, 0.15) is 0 Å². The molecule has 1 aromatic heterocycles. The lowest BCUT2D eigenvalue weighted by atomic mass is 9.78. The van der Waals surface area contributed by atoms with Crippen LogP contribution in [0.1, 0.15) is 58.8 Å². The van der Waals surface area contributed by atoms with Gasteiger partial charge in [-0.05, 0) is 59.4 Å². The van der Waals surface area contributed by atoms with Gasteiger partial charge in [-0.3, -0.25) is 4.90 Å². The predicted octanol–water partition coefficient (Wildman–Crippen LogP) is 5.89. The molecule has 4 aromatic rings. The van der Waals surface area contributed by atoms with Crippen molar-refractivity contribution in [2.45, 2.75) is 74.9 Å². The number of hydrogen-bond acceptors (Lipinski definition) is 7. The van der Waals surface area contributed by atoms with Gasteiger partial charge in [0.25, 0.3) is 0 Å². The third-order valence-electron chi connectivity index (χ3n) is 9.21. The molecule has 0 amide bonds. The van der Waals surface area contributed by atoms with Gasteiger partial charge in [-0.25, -0.2) is 13.1 Å². The minimum Gasteiger partial charge on any atom is -0.371 e. The van der Waals surface area contributed by atoms with E-state index in [-0.39, 0.29) is 36.7 Å². The van der Waals surface area contributed by atoms with Crippen LogP contribution in [0.4, 0.5) is 26.3 Å². The van der Waals surface area contributed by atoms with E-state index in [9.17, 15) is 34.8 Å². The molecule has 2 saturated heterocycles. The average molecular weight is 709 g/mol. The van der Waals surface area contributed by atoms with Gasteiger partial charge < -0.3 is 4.74 Å². The second-order valence-corrected chi connectivity index (χ2v) is 14.3. The Kier molecular flexibility index (Phi) is 9.61. The summed E-state index contributed by atoms with van der Waals surface area (Å²) in [6.45, 7) is 0.226. The fourth-order valence-corrected chi connectivity index (χ4v) is 7.65. The Hall–Kier alpha value is -3.86. The van der Waals surface area contributed by atoms with Gasteiger partial charge in [-0.15, -0.1) is 10.2 Å². The van der Waals surface area contributed by atoms with Crippen LogP contribution in [-0.2, 0) is 52.3 Å². The van der Waals surface area contributed by atoms with Crippen molar-refractivity contribution in [3.63, 3.8) is 0 Å². The number of nitrogens with zero attached hydrogens (tertiary/aromatic N) is 5. The molecule has 0 aliphatic carbocycles. The van der Waals surface area contributed by atoms with Crippen molar-refractivity contribution in [3.05, 3.63) is 113 Å². The Bertz CT molecular complexity index is 1820. The normalized spacial score (nSPS) is 23.2. The first kappa shape index (κ1) is 35.0. The highest BCUT2D eigenvalue weighted by Crippen LogP contribution is 2.57. The van der Waals surface area contributed by atoms with Crippen LogP contribution < -0.4 is 4.72 Å². The van der Waals surface area contributed by atoms with Crippen LogP contribution >= 0.6 is 0 Å². The molecule has 2 bridgehead atoms. The molecule has 2 aliphatic rings. The van der Waals surface area contributed by atoms with Crippen molar-refractivity contribution in [2.24, 2.45) is 0 Å². The molecule has 0 radical (unpaired) electrons. The third-order valence-corrected chi connectivity index (χ3v) is 9.94. The largest absolute Gasteiger partial charge is 0.416 e. The summed E-state index contributed by atoms with van der Waals surface area (Å²) >= 11 is 0. The van der Waals surface area contributed by atoms with Crippen molar-refractivity contribution in [3.8, 4) is 0 Å². The summed E-state index contributed by atoms with van der Waals surface area (Å²) < 4.78 is 114. The van der Waals surface area contributed by atoms with Gasteiger partial charge >= 0.3 is 12.4 Å². The summed E-state index contributed by atoms with van der Waals surface area (Å²) in [6, 6.07) is 20.7. The van der Waals surface area contributed by atoms with Crippen molar-refractivity contribution < 1.29 is 39.5 Å². The number of piperidine rings is 1. The number of benzene rings is 3. The van der Waals surface area contributed by atoms with Crippen molar-refractivity contribution >= 4 is 10.0 Å². The topological polar surface area (TPSA) is 102 Å². The van der Waals surface area contributed by atoms with Crippen LogP contribution in [0.25, 0.3) is 0 Å². The molecule has 0 saturated carbocycles. The van der Waals surface area contributed by atoms with E-state index >= 15 is 0 Å². The predicted molar refractivity (Wildman–Crippen MR) is 166 cm³/mol. The quantitative estimate of drug-likeness (QED) is 0.194. The third kappa shape index (κ3) is 7.66. The SMILES string of the molecule is CS(=O)(=O)NCCn1nnc(C2CC3(c4ccccc4)C(OCc4cc(C(F)(F)F)cc(C(F)(F)F)c4)CCC2N3Cc2ccccc2)n1. The van der Waals surface area contributed by atoms with E-state index < -0.39 is 51.8 Å². The van der Waals surface area contributed by atoms with E-state index in [0.717, 1.165) is 17.4 Å². The van der Waals surface area contributed by atoms with Gasteiger partial charge in [0.05, 0.1) is 42.2 Å². The summed E-state index contributed by atoms with van der Waals surface area (Å²) in [5.41, 5.74) is -1.99. The lowest BCUT2D eigenvalue weighted by molar-refractivity contribution is -0.143. The summed E-state index contributed by atoms with van der Waals surface area (Å²) in [5, 5.41) is 13.1. The zero-order valence-corrected chi connectivity index (χ0v) is 27.1. The molecule has 262 valence electrons. The number of fused-ring (bicyclic) bond motifs is 2. The van der Waals surface area contributed by atoms with Crippen molar-refractivity contribution in [1.82, 2.24) is 29.8 Å². The fourth-order valence-electron chi connectivity index (χ4n) is 7.18. The number of tetrazole rings is 1. The standard InChI is InChI=1S/C33H34F6N6O3S/c1-49(46,47)40-14-15-45-42-30(41-43-45)27-19-31(24-10-6-3-7-11-24)29(13-12-28(27)44(31)20-22-8-4-2-5-9-22)48-21-23-16-25(32(34,35)36)18-26(17-23)33(37,38)39/h2-11,16-18,27-29,40H,12-15,19-21H2,1H3. The Balaban J connectivity index is 1.37. The zero-order valence-electron chi connectivity index (χ0n) is 26.3. The van der Waals surface area contributed by atoms with Gasteiger partial charge in [-0.1, -0.05) is 60.7 Å². The number of hydrogen-bond donors (Lipinski definition) is 1. The monoisotopic (exact) mass is 708 g/mol. The molecule has 4 atom stereocenters. The molecule has 2 aliphatic heterocycles. The molecule has 49 heavy (non-hydrogen) atoms. The second-order valence-electron chi connectivity index (χ2n) is 12.5. The van der Waals surface area contributed by atoms with Crippen molar-refractivity contribution in [2.75, 3.05) is 12.8 Å². The number of alkyl halides is 6. The summed E-state index contributed by atoms with van der Waals surface area (Å²) in [6.07, 6.45) is -8.04. The number of nitrogens with one attached hydrogen (secondary N) is 1. The number of aromatic nitrogens is 4. The molecule has 3 heterocycles. The maximum absolute atomic E-state index is 13.7. The molecule has 2 fully saturated rings. The van der Waals surface area contributed by atoms with Crippen LogP contribution in [0, 0.1) is 0 Å². The lowest BCUT2D eigenvalue weighted by Crippen LogP contribution is -2.56. The highest BCUT2D eigenvalue weighted by Gasteiger charge is 2.61. The molecule has 4 unspecified atom stereocenters. The minimum atomic E-state index is -4.98. The van der Waals surface area contributed by atoms with Crippen molar-refractivity contribution in [1.29, 1.82) is 0 Å². The molecular formula is C33H34F6N6O3S. The molecule has 3 aromatic carbocycles. The number of halogens is 6. The number of ether oxygens (including phenoxy) is 1. The van der Waals surface area contributed by atoms with Crippen LogP contribution in [0.3, 0.4) is 0 Å². The van der Waals surface area contributed by atoms with E-state index in [1.54, 1.807) is 0 Å². The lowest BCUT2D eigenvalue weighted by Gasteiger charge is -2.50. The molecule has 6 rings (SSSR count). The van der Waals surface area contributed by atoms with E-state index in [1.807, 2.05) is 60.7 Å². The maximum Gasteiger partial charge on any atom is 0.416 e. The van der Waals surface area contributed by atoms with Crippen LogP contribution in [0.5, 0.6) is 0 Å². The van der Waals surface area contributed by atoms with E-state index in [0.29, 0.717) is 43.8 Å². The summed E-state index contributed by atoms with van der Waals surface area (Å²) in [5.74, 6) is 0.188. The summed E-state index contributed by atoms with van der Waals surface area (Å²) in [7, 11) is -3.41. The van der Waals surface area contributed by atoms with E-state index in [2.05, 4.69) is 25.0 Å². The van der Waals surface area contributed by atoms with Crippen LogP contribution in [0.2, 0.25) is 0 Å². The Morgan fingerprint density at radius 2 is 1.53 bits per heavy atom. The first-order valence-corrected chi connectivity index (χ1v) is 17.5. The Labute approximate surface area is 279 Å². The maximum atomic E-state index is 13.7. The molecule has 16 heteroatoms.